The van der Waals surface area contributed by atoms with Gasteiger partial charge in [-0.2, -0.15) is 5.26 Å². The lowest BCUT2D eigenvalue weighted by atomic mass is 10.1. The lowest BCUT2D eigenvalue weighted by Gasteiger charge is -2.06. The van der Waals surface area contributed by atoms with Crippen molar-refractivity contribution in [2.75, 3.05) is 0 Å². The fourth-order valence-electron chi connectivity index (χ4n) is 1.71. The molecular weight excluding hydrogens is 220 g/mol. The van der Waals surface area contributed by atoms with E-state index >= 15 is 0 Å². The van der Waals surface area contributed by atoms with Crippen molar-refractivity contribution in [2.24, 2.45) is 0 Å². The highest BCUT2D eigenvalue weighted by molar-refractivity contribution is 6.36. The normalized spacial score (nSPS) is 10.3. The zero-order valence-corrected chi connectivity index (χ0v) is 9.75. The average Bonchev–Trinajstić information content (AvgIpc) is 2.33. The maximum absolute atomic E-state index is 8.85. The Morgan fingerprint density at radius 1 is 1.44 bits per heavy atom. The summed E-state index contributed by atoms with van der Waals surface area (Å²) in [5.41, 5.74) is 2.50. The van der Waals surface area contributed by atoms with Crippen LogP contribution < -0.4 is 0 Å². The van der Waals surface area contributed by atoms with Crippen LogP contribution in [0.4, 0.5) is 0 Å². The van der Waals surface area contributed by atoms with Crippen molar-refractivity contribution >= 4 is 22.5 Å². The van der Waals surface area contributed by atoms with Gasteiger partial charge in [0.25, 0.3) is 0 Å². The Bertz CT molecular complexity index is 570. The lowest BCUT2D eigenvalue weighted by molar-refractivity contribution is 0.917. The van der Waals surface area contributed by atoms with Crippen molar-refractivity contribution in [1.29, 1.82) is 5.26 Å². The van der Waals surface area contributed by atoms with Gasteiger partial charge in [0.1, 0.15) is 0 Å². The Morgan fingerprint density at radius 2 is 2.25 bits per heavy atom. The van der Waals surface area contributed by atoms with Crippen LogP contribution in [0, 0.1) is 11.3 Å². The van der Waals surface area contributed by atoms with Crippen LogP contribution in [-0.2, 0) is 6.42 Å². The van der Waals surface area contributed by atoms with Gasteiger partial charge in [-0.15, -0.1) is 0 Å². The first kappa shape index (κ1) is 10.9. The second-order valence-corrected chi connectivity index (χ2v) is 4.07. The van der Waals surface area contributed by atoms with Crippen LogP contribution in [0.15, 0.2) is 24.4 Å². The molecule has 0 saturated carbocycles. The summed E-state index contributed by atoms with van der Waals surface area (Å²) in [6.45, 7) is 2.10. The van der Waals surface area contributed by atoms with E-state index in [1.54, 1.807) is 12.1 Å². The third kappa shape index (κ3) is 1.87. The van der Waals surface area contributed by atoms with E-state index in [9.17, 15) is 0 Å². The van der Waals surface area contributed by atoms with Gasteiger partial charge in [0.15, 0.2) is 0 Å². The van der Waals surface area contributed by atoms with Gasteiger partial charge in [0.2, 0.25) is 0 Å². The van der Waals surface area contributed by atoms with Crippen molar-refractivity contribution in [3.8, 4) is 6.07 Å². The number of nitrogens with zero attached hydrogens (tertiary/aromatic N) is 2. The predicted molar refractivity (Wildman–Crippen MR) is 65.5 cm³/mol. The van der Waals surface area contributed by atoms with Gasteiger partial charge in [-0.25, -0.2) is 0 Å². The molecule has 2 rings (SSSR count). The van der Waals surface area contributed by atoms with E-state index in [0.717, 1.165) is 34.3 Å². The summed E-state index contributed by atoms with van der Waals surface area (Å²) in [7, 11) is 0. The molecule has 0 atom stereocenters. The highest BCUT2D eigenvalue weighted by atomic mass is 35.5. The first-order chi connectivity index (χ1) is 7.76. The topological polar surface area (TPSA) is 36.7 Å². The number of benzene rings is 1. The Labute approximate surface area is 99.5 Å². The summed E-state index contributed by atoms with van der Waals surface area (Å²) in [5, 5.41) is 10.4. The van der Waals surface area contributed by atoms with Crippen LogP contribution in [0.3, 0.4) is 0 Å². The minimum atomic E-state index is 0.616. The van der Waals surface area contributed by atoms with Crippen molar-refractivity contribution in [3.05, 3.63) is 40.5 Å². The molecule has 3 heteroatoms. The molecule has 0 spiro atoms. The molecule has 0 unspecified atom stereocenters. The third-order valence-electron chi connectivity index (χ3n) is 2.52. The molecule has 1 aromatic heterocycles. The second kappa shape index (κ2) is 4.51. The molecule has 0 aliphatic rings. The van der Waals surface area contributed by atoms with Crippen LogP contribution in [-0.4, -0.2) is 4.98 Å². The van der Waals surface area contributed by atoms with E-state index in [1.807, 2.05) is 12.3 Å². The molecule has 0 aliphatic carbocycles. The minimum Gasteiger partial charge on any atom is -0.256 e. The van der Waals surface area contributed by atoms with Crippen molar-refractivity contribution in [2.45, 2.75) is 19.8 Å². The SMILES string of the molecule is CCCc1cnc2ccc(C#N)cc2c1Cl. The standard InChI is InChI=1S/C13H11ClN2/c1-2-3-10-8-16-12-5-4-9(7-15)6-11(12)13(10)14/h4-6,8H,2-3H2,1H3. The molecule has 0 bridgehead atoms. The highest BCUT2D eigenvalue weighted by Crippen LogP contribution is 2.27. The first-order valence-corrected chi connectivity index (χ1v) is 5.61. The Morgan fingerprint density at radius 3 is 2.94 bits per heavy atom. The molecule has 2 nitrogen and oxygen atoms in total. The van der Waals surface area contributed by atoms with Gasteiger partial charge in [-0.05, 0) is 30.2 Å². The molecule has 0 fully saturated rings. The molecule has 16 heavy (non-hydrogen) atoms. The Balaban J connectivity index is 2.67. The van der Waals surface area contributed by atoms with Gasteiger partial charge in [-0.3, -0.25) is 4.98 Å². The van der Waals surface area contributed by atoms with Gasteiger partial charge in [-0.1, -0.05) is 24.9 Å². The van der Waals surface area contributed by atoms with E-state index in [1.165, 1.54) is 0 Å². The third-order valence-corrected chi connectivity index (χ3v) is 2.97. The maximum atomic E-state index is 8.85. The average molecular weight is 231 g/mol. The lowest BCUT2D eigenvalue weighted by Crippen LogP contribution is -1.90. The van der Waals surface area contributed by atoms with E-state index in [2.05, 4.69) is 18.0 Å². The summed E-state index contributed by atoms with van der Waals surface area (Å²) in [5.74, 6) is 0. The molecular formula is C13H11ClN2. The number of nitriles is 1. The molecule has 0 amide bonds. The number of halogens is 1. The number of hydrogen-bond acceptors (Lipinski definition) is 2. The van der Waals surface area contributed by atoms with Crippen molar-refractivity contribution in [1.82, 2.24) is 4.98 Å². The van der Waals surface area contributed by atoms with Crippen molar-refractivity contribution < 1.29 is 0 Å². The summed E-state index contributed by atoms with van der Waals surface area (Å²) < 4.78 is 0. The van der Waals surface area contributed by atoms with E-state index in [4.69, 9.17) is 16.9 Å². The summed E-state index contributed by atoms with van der Waals surface area (Å²) in [4.78, 5) is 4.34. The zero-order valence-electron chi connectivity index (χ0n) is 9.00. The number of fused-ring (bicyclic) bond motifs is 1. The van der Waals surface area contributed by atoms with Crippen LogP contribution in [0.25, 0.3) is 10.9 Å². The fourth-order valence-corrected chi connectivity index (χ4v) is 2.01. The van der Waals surface area contributed by atoms with Gasteiger partial charge in [0, 0.05) is 11.6 Å². The molecule has 0 N–H and O–H groups in total. The summed E-state index contributed by atoms with van der Waals surface area (Å²) in [6, 6.07) is 7.49. The van der Waals surface area contributed by atoms with Crippen LogP contribution in [0.1, 0.15) is 24.5 Å². The number of aromatic nitrogens is 1. The molecule has 0 radical (unpaired) electrons. The second-order valence-electron chi connectivity index (χ2n) is 3.69. The van der Waals surface area contributed by atoms with Crippen LogP contribution >= 0.6 is 11.6 Å². The monoisotopic (exact) mass is 230 g/mol. The Kier molecular flexibility index (Phi) is 3.07. The van der Waals surface area contributed by atoms with E-state index in [-0.39, 0.29) is 0 Å². The largest absolute Gasteiger partial charge is 0.256 e. The predicted octanol–water partition coefficient (Wildman–Crippen LogP) is 3.71. The number of pyridine rings is 1. The van der Waals surface area contributed by atoms with Crippen LogP contribution in [0.5, 0.6) is 0 Å². The summed E-state index contributed by atoms with van der Waals surface area (Å²) in [6.07, 6.45) is 3.77. The Hall–Kier alpha value is -1.59. The molecule has 80 valence electrons. The minimum absolute atomic E-state index is 0.616. The van der Waals surface area contributed by atoms with Gasteiger partial charge >= 0.3 is 0 Å². The molecule has 1 aromatic carbocycles. The van der Waals surface area contributed by atoms with Crippen molar-refractivity contribution in [3.63, 3.8) is 0 Å². The van der Waals surface area contributed by atoms with Crippen LogP contribution in [0.2, 0.25) is 5.02 Å². The highest BCUT2D eigenvalue weighted by Gasteiger charge is 2.06. The van der Waals surface area contributed by atoms with Gasteiger partial charge in [0.05, 0.1) is 22.2 Å². The zero-order chi connectivity index (χ0) is 11.5. The van der Waals surface area contributed by atoms with Gasteiger partial charge < -0.3 is 0 Å². The molecule has 1 heterocycles. The first-order valence-electron chi connectivity index (χ1n) is 5.23. The molecule has 0 aliphatic heterocycles. The summed E-state index contributed by atoms with van der Waals surface area (Å²) >= 11 is 6.30. The number of rotatable bonds is 2. The fraction of sp³-hybridized carbons (Fsp3) is 0.231. The molecule has 2 aromatic rings. The quantitative estimate of drug-likeness (QED) is 0.789. The van der Waals surface area contributed by atoms with E-state index < -0.39 is 0 Å². The molecule has 0 saturated heterocycles. The number of hydrogen-bond donors (Lipinski definition) is 0. The maximum Gasteiger partial charge on any atom is 0.0991 e. The number of aryl methyl sites for hydroxylation is 1. The smallest absolute Gasteiger partial charge is 0.0991 e. The van der Waals surface area contributed by atoms with E-state index in [0.29, 0.717) is 5.56 Å².